The lowest BCUT2D eigenvalue weighted by molar-refractivity contribution is -0.141. The van der Waals surface area contributed by atoms with Crippen LogP contribution in [0.15, 0.2) is 42.5 Å². The second-order valence-corrected chi connectivity index (χ2v) is 4.99. The number of carbonyl (C=O) groups is 2. The van der Waals surface area contributed by atoms with Crippen molar-refractivity contribution in [2.24, 2.45) is 0 Å². The van der Waals surface area contributed by atoms with Crippen LogP contribution < -0.4 is 0 Å². The number of hydrogen-bond donors (Lipinski definition) is 1. The first-order chi connectivity index (χ1) is 9.00. The first kappa shape index (κ1) is 15.5. The molecule has 0 radical (unpaired) electrons. The van der Waals surface area contributed by atoms with Crippen molar-refractivity contribution in [3.05, 3.63) is 48.0 Å². The number of esters is 1. The van der Waals surface area contributed by atoms with Crippen LogP contribution in [0.25, 0.3) is 0 Å². The molecule has 1 aromatic rings. The fraction of sp³-hybridized carbons (Fsp3) is 0.286. The lowest BCUT2D eigenvalue weighted by atomic mass is 10.2. The van der Waals surface area contributed by atoms with E-state index in [9.17, 15) is 14.7 Å². The molecule has 0 saturated heterocycles. The lowest BCUT2D eigenvalue weighted by Gasteiger charge is -2.10. The second kappa shape index (κ2) is 7.76. The summed E-state index contributed by atoms with van der Waals surface area (Å²) in [7, 11) is 0. The third-order valence-electron chi connectivity index (χ3n) is 2.17. The summed E-state index contributed by atoms with van der Waals surface area (Å²) < 4.78 is 4.79. The maximum Gasteiger partial charge on any atom is 0.333 e. The Kier molecular flexibility index (Phi) is 6.32. The van der Waals surface area contributed by atoms with Gasteiger partial charge in [0.25, 0.3) is 0 Å². The number of carbonyl (C=O) groups excluding carboxylic acids is 2. The monoisotopic (exact) mass is 280 g/mol. The Morgan fingerprint density at radius 2 is 2.00 bits per heavy atom. The molecule has 0 heterocycles. The van der Waals surface area contributed by atoms with Crippen LogP contribution >= 0.6 is 11.8 Å². The molecule has 0 spiro atoms. The highest BCUT2D eigenvalue weighted by molar-refractivity contribution is 8.14. The Bertz CT molecular complexity index is 456. The fourth-order valence-corrected chi connectivity index (χ4v) is 1.92. The van der Waals surface area contributed by atoms with Crippen LogP contribution in [0.2, 0.25) is 0 Å². The van der Waals surface area contributed by atoms with Crippen LogP contribution in [0.5, 0.6) is 0 Å². The highest BCUT2D eigenvalue weighted by Crippen LogP contribution is 2.13. The van der Waals surface area contributed by atoms with Gasteiger partial charge in [-0.1, -0.05) is 48.7 Å². The summed E-state index contributed by atoms with van der Waals surface area (Å²) in [6, 6.07) is 8.80. The lowest BCUT2D eigenvalue weighted by Crippen LogP contribution is -2.21. The van der Waals surface area contributed by atoms with Crippen molar-refractivity contribution in [1.82, 2.24) is 0 Å². The summed E-state index contributed by atoms with van der Waals surface area (Å²) in [5.41, 5.74) is 0.860. The van der Waals surface area contributed by atoms with Gasteiger partial charge in [-0.25, -0.2) is 4.79 Å². The maximum atomic E-state index is 11.7. The van der Waals surface area contributed by atoms with Gasteiger partial charge in [0, 0.05) is 16.9 Å². The molecule has 0 saturated carbocycles. The molecule has 1 unspecified atom stereocenters. The maximum absolute atomic E-state index is 11.7. The summed E-state index contributed by atoms with van der Waals surface area (Å²) in [4.78, 5) is 22.8. The summed E-state index contributed by atoms with van der Waals surface area (Å²) in [5.74, 6) is -0.365. The zero-order chi connectivity index (χ0) is 14.3. The van der Waals surface area contributed by atoms with Crippen LogP contribution in [-0.4, -0.2) is 34.7 Å². The molecule has 1 N–H and O–H groups in total. The summed E-state index contributed by atoms with van der Waals surface area (Å²) in [5, 5.41) is 9.48. The second-order valence-electron chi connectivity index (χ2n) is 4.00. The van der Waals surface area contributed by atoms with E-state index < -0.39 is 12.1 Å². The van der Waals surface area contributed by atoms with E-state index in [4.69, 9.17) is 4.74 Å². The molecule has 0 aliphatic heterocycles. The standard InChI is InChI=1S/C14H16O4S/c1-10(2)13(16)18-8-12(15)9-19-14(17)11-6-4-3-5-7-11/h3-7,12,15H,1,8-9H2,2H3. The van der Waals surface area contributed by atoms with Crippen molar-refractivity contribution in [3.63, 3.8) is 0 Å². The molecule has 0 aliphatic carbocycles. The van der Waals surface area contributed by atoms with Crippen molar-refractivity contribution >= 4 is 22.8 Å². The van der Waals surface area contributed by atoms with Crippen LogP contribution in [0.1, 0.15) is 17.3 Å². The molecule has 0 bridgehead atoms. The van der Waals surface area contributed by atoms with E-state index >= 15 is 0 Å². The number of rotatable bonds is 6. The molecule has 102 valence electrons. The molecular weight excluding hydrogens is 264 g/mol. The van der Waals surface area contributed by atoms with Gasteiger partial charge in [-0.3, -0.25) is 4.79 Å². The van der Waals surface area contributed by atoms with Crippen molar-refractivity contribution in [2.75, 3.05) is 12.4 Å². The molecule has 0 fully saturated rings. The minimum absolute atomic E-state index is 0.120. The highest BCUT2D eigenvalue weighted by atomic mass is 32.2. The topological polar surface area (TPSA) is 63.6 Å². The number of aliphatic hydroxyl groups is 1. The molecule has 1 atom stereocenters. The number of thioether (sulfide) groups is 1. The van der Waals surface area contributed by atoms with Gasteiger partial charge in [-0.2, -0.15) is 0 Å². The van der Waals surface area contributed by atoms with Crippen molar-refractivity contribution in [3.8, 4) is 0 Å². The molecule has 1 aromatic carbocycles. The zero-order valence-electron chi connectivity index (χ0n) is 10.7. The molecule has 4 nitrogen and oxygen atoms in total. The fourth-order valence-electron chi connectivity index (χ4n) is 1.17. The van der Waals surface area contributed by atoms with E-state index in [1.165, 1.54) is 6.92 Å². The molecule has 1 rings (SSSR count). The Morgan fingerprint density at radius 3 is 2.58 bits per heavy atom. The van der Waals surface area contributed by atoms with Crippen LogP contribution in [0, 0.1) is 0 Å². The van der Waals surface area contributed by atoms with Crippen molar-refractivity contribution < 1.29 is 19.4 Å². The zero-order valence-corrected chi connectivity index (χ0v) is 11.5. The predicted molar refractivity (Wildman–Crippen MR) is 75.0 cm³/mol. The van der Waals surface area contributed by atoms with Crippen molar-refractivity contribution in [1.29, 1.82) is 0 Å². The Balaban J connectivity index is 2.31. The molecule has 5 heteroatoms. The highest BCUT2D eigenvalue weighted by Gasteiger charge is 2.13. The van der Waals surface area contributed by atoms with Gasteiger partial charge in [0.1, 0.15) is 6.61 Å². The number of hydrogen-bond acceptors (Lipinski definition) is 5. The Morgan fingerprint density at radius 1 is 1.37 bits per heavy atom. The minimum atomic E-state index is -0.874. The van der Waals surface area contributed by atoms with Gasteiger partial charge >= 0.3 is 5.97 Å². The van der Waals surface area contributed by atoms with Crippen LogP contribution in [0.4, 0.5) is 0 Å². The van der Waals surface area contributed by atoms with Gasteiger partial charge in [0.15, 0.2) is 0 Å². The van der Waals surface area contributed by atoms with Gasteiger partial charge < -0.3 is 9.84 Å². The molecule has 0 amide bonds. The van der Waals surface area contributed by atoms with E-state index in [2.05, 4.69) is 6.58 Å². The largest absolute Gasteiger partial charge is 0.460 e. The normalized spacial score (nSPS) is 11.7. The third kappa shape index (κ3) is 5.72. The number of benzene rings is 1. The average Bonchev–Trinajstić information content (AvgIpc) is 2.42. The number of aliphatic hydroxyl groups excluding tert-OH is 1. The predicted octanol–water partition coefficient (Wildman–Crippen LogP) is 2.04. The van der Waals surface area contributed by atoms with Gasteiger partial charge in [0.2, 0.25) is 5.12 Å². The first-order valence-electron chi connectivity index (χ1n) is 5.73. The Labute approximate surface area is 116 Å². The van der Waals surface area contributed by atoms with E-state index in [0.717, 1.165) is 11.8 Å². The molecular formula is C14H16O4S. The quantitative estimate of drug-likeness (QED) is 0.638. The third-order valence-corrected chi connectivity index (χ3v) is 3.22. The van der Waals surface area contributed by atoms with Gasteiger partial charge in [0.05, 0.1) is 6.10 Å². The van der Waals surface area contributed by atoms with Gasteiger partial charge in [-0.15, -0.1) is 0 Å². The molecule has 19 heavy (non-hydrogen) atoms. The smallest absolute Gasteiger partial charge is 0.333 e. The molecule has 0 aromatic heterocycles. The SMILES string of the molecule is C=C(C)C(=O)OCC(O)CSC(=O)c1ccccc1. The molecule has 0 aliphatic rings. The Hall–Kier alpha value is -1.59. The summed E-state index contributed by atoms with van der Waals surface area (Å²) >= 11 is 0.995. The first-order valence-corrected chi connectivity index (χ1v) is 6.72. The van der Waals surface area contributed by atoms with E-state index in [1.54, 1.807) is 24.3 Å². The minimum Gasteiger partial charge on any atom is -0.460 e. The van der Waals surface area contributed by atoms with Gasteiger partial charge in [-0.05, 0) is 6.92 Å². The van der Waals surface area contributed by atoms with E-state index in [-0.39, 0.29) is 23.0 Å². The summed E-state index contributed by atoms with van der Waals surface area (Å²) in [6.07, 6.45) is -0.874. The number of ether oxygens (including phenoxy) is 1. The average molecular weight is 280 g/mol. The van der Waals surface area contributed by atoms with E-state index in [1.807, 2.05) is 6.07 Å². The van der Waals surface area contributed by atoms with Crippen LogP contribution in [-0.2, 0) is 9.53 Å². The van der Waals surface area contributed by atoms with Crippen molar-refractivity contribution in [2.45, 2.75) is 13.0 Å². The van der Waals surface area contributed by atoms with E-state index in [0.29, 0.717) is 5.56 Å². The summed E-state index contributed by atoms with van der Waals surface area (Å²) in [6.45, 7) is 4.82. The van der Waals surface area contributed by atoms with Crippen LogP contribution in [0.3, 0.4) is 0 Å².